The first-order chi connectivity index (χ1) is 16.5. The summed E-state index contributed by atoms with van der Waals surface area (Å²) < 4.78 is 12.3. The number of carbonyl (C=O) groups is 2. The Morgan fingerprint density at radius 2 is 1.68 bits per heavy atom. The molecule has 0 spiro atoms. The molecule has 1 aromatic heterocycles. The molecule has 0 radical (unpaired) electrons. The van der Waals surface area contributed by atoms with Gasteiger partial charge in [0.25, 0.3) is 5.91 Å². The van der Waals surface area contributed by atoms with Crippen molar-refractivity contribution < 1.29 is 24.2 Å². The number of rotatable bonds is 9. The number of para-hydroxylation sites is 2. The zero-order valence-corrected chi connectivity index (χ0v) is 18.7. The Kier molecular flexibility index (Phi) is 7.19. The fraction of sp³-hybridized carbons (Fsp3) is 0.192. The van der Waals surface area contributed by atoms with E-state index in [0.29, 0.717) is 22.7 Å². The summed E-state index contributed by atoms with van der Waals surface area (Å²) in [7, 11) is 1.32. The maximum Gasteiger partial charge on any atom is 0.337 e. The molecule has 0 aliphatic heterocycles. The van der Waals surface area contributed by atoms with Crippen molar-refractivity contribution in [2.24, 2.45) is 0 Å². The van der Waals surface area contributed by atoms with Crippen molar-refractivity contribution in [3.8, 4) is 5.75 Å². The predicted molar refractivity (Wildman–Crippen MR) is 127 cm³/mol. The van der Waals surface area contributed by atoms with Gasteiger partial charge in [0.05, 0.1) is 36.8 Å². The molecule has 3 aromatic carbocycles. The van der Waals surface area contributed by atoms with Gasteiger partial charge in [0.2, 0.25) is 0 Å². The number of esters is 1. The van der Waals surface area contributed by atoms with Gasteiger partial charge in [-0.2, -0.15) is 0 Å². The molecule has 8 nitrogen and oxygen atoms in total. The van der Waals surface area contributed by atoms with Crippen LogP contribution in [0.1, 0.15) is 26.5 Å². The number of nitrogens with one attached hydrogen (secondary N) is 1. The fourth-order valence-electron chi connectivity index (χ4n) is 3.58. The second-order valence-corrected chi connectivity index (χ2v) is 7.66. The standard InChI is InChI=1S/C26H25N3O5/c1-33-26(32)19-11-13-21(14-12-19)34-17-20(30)16-29-23-10-6-5-9-22(23)28-24(29)15-27-25(31)18-7-3-2-4-8-18/h2-14,20,30H,15-17H2,1H3,(H,27,31). The third-order valence-electron chi connectivity index (χ3n) is 5.29. The van der Waals surface area contributed by atoms with Gasteiger partial charge in [-0.15, -0.1) is 0 Å². The van der Waals surface area contributed by atoms with Crippen LogP contribution in [0.3, 0.4) is 0 Å². The van der Waals surface area contributed by atoms with Crippen LogP contribution in [0.25, 0.3) is 11.0 Å². The number of benzene rings is 3. The number of ether oxygens (including phenoxy) is 2. The van der Waals surface area contributed by atoms with Crippen molar-refractivity contribution in [2.45, 2.75) is 19.2 Å². The van der Waals surface area contributed by atoms with Crippen molar-refractivity contribution in [1.29, 1.82) is 0 Å². The summed E-state index contributed by atoms with van der Waals surface area (Å²) in [4.78, 5) is 28.6. The predicted octanol–water partition coefficient (Wildman–Crippen LogP) is 3.19. The lowest BCUT2D eigenvalue weighted by molar-refractivity contribution is 0.0600. The van der Waals surface area contributed by atoms with Crippen molar-refractivity contribution in [3.63, 3.8) is 0 Å². The number of fused-ring (bicyclic) bond motifs is 1. The van der Waals surface area contributed by atoms with Crippen LogP contribution in [0.15, 0.2) is 78.9 Å². The van der Waals surface area contributed by atoms with Crippen molar-refractivity contribution in [3.05, 3.63) is 95.8 Å². The number of aliphatic hydroxyl groups excluding tert-OH is 1. The lowest BCUT2D eigenvalue weighted by atomic mass is 10.2. The highest BCUT2D eigenvalue weighted by atomic mass is 16.5. The van der Waals surface area contributed by atoms with E-state index in [4.69, 9.17) is 4.74 Å². The summed E-state index contributed by atoms with van der Waals surface area (Å²) in [5, 5.41) is 13.6. The first-order valence-electron chi connectivity index (χ1n) is 10.8. The third kappa shape index (κ3) is 5.41. The molecule has 0 aliphatic carbocycles. The largest absolute Gasteiger partial charge is 0.491 e. The zero-order valence-electron chi connectivity index (χ0n) is 18.7. The first-order valence-corrected chi connectivity index (χ1v) is 10.8. The van der Waals surface area contributed by atoms with Gasteiger partial charge in [-0.3, -0.25) is 4.79 Å². The molecule has 0 bridgehead atoms. The van der Waals surface area contributed by atoms with Gasteiger partial charge in [0.15, 0.2) is 0 Å². The molecule has 0 aliphatic rings. The number of hydrogen-bond donors (Lipinski definition) is 2. The fourth-order valence-corrected chi connectivity index (χ4v) is 3.58. The minimum Gasteiger partial charge on any atom is -0.491 e. The first kappa shape index (κ1) is 23.0. The van der Waals surface area contributed by atoms with E-state index in [0.717, 1.165) is 11.0 Å². The van der Waals surface area contributed by atoms with Crippen LogP contribution in [-0.2, 0) is 17.8 Å². The Morgan fingerprint density at radius 3 is 2.41 bits per heavy atom. The molecule has 0 fully saturated rings. The summed E-state index contributed by atoms with van der Waals surface area (Å²) in [6, 6.07) is 23.1. The van der Waals surface area contributed by atoms with Gasteiger partial charge in [-0.1, -0.05) is 30.3 Å². The Balaban J connectivity index is 1.43. The topological polar surface area (TPSA) is 103 Å². The molecule has 1 heterocycles. The quantitative estimate of drug-likeness (QED) is 0.373. The monoisotopic (exact) mass is 459 g/mol. The lowest BCUT2D eigenvalue weighted by Gasteiger charge is -2.16. The van der Waals surface area contributed by atoms with E-state index in [2.05, 4.69) is 15.0 Å². The van der Waals surface area contributed by atoms with Gasteiger partial charge < -0.3 is 24.5 Å². The van der Waals surface area contributed by atoms with Crippen LogP contribution in [0.2, 0.25) is 0 Å². The maximum atomic E-state index is 12.5. The average molecular weight is 460 g/mol. The summed E-state index contributed by atoms with van der Waals surface area (Å²) in [6.45, 7) is 0.488. The highest BCUT2D eigenvalue weighted by Crippen LogP contribution is 2.18. The van der Waals surface area contributed by atoms with Crippen LogP contribution < -0.4 is 10.1 Å². The summed E-state index contributed by atoms with van der Waals surface area (Å²) in [6.07, 6.45) is -0.832. The smallest absolute Gasteiger partial charge is 0.337 e. The van der Waals surface area contributed by atoms with Crippen LogP contribution in [0.5, 0.6) is 5.75 Å². The molecule has 4 aromatic rings. The van der Waals surface area contributed by atoms with Crippen LogP contribution >= 0.6 is 0 Å². The molecule has 1 atom stereocenters. The Labute approximate surface area is 196 Å². The van der Waals surface area contributed by atoms with Gasteiger partial charge >= 0.3 is 5.97 Å². The zero-order chi connectivity index (χ0) is 23.9. The molecule has 34 heavy (non-hydrogen) atoms. The highest BCUT2D eigenvalue weighted by Gasteiger charge is 2.16. The average Bonchev–Trinajstić information content (AvgIpc) is 3.23. The van der Waals surface area contributed by atoms with E-state index in [9.17, 15) is 14.7 Å². The molecule has 8 heteroatoms. The molecule has 2 N–H and O–H groups in total. The molecular weight excluding hydrogens is 434 g/mol. The molecule has 1 unspecified atom stereocenters. The Bertz CT molecular complexity index is 1270. The van der Waals surface area contributed by atoms with Crippen molar-refractivity contribution in [1.82, 2.24) is 14.9 Å². The van der Waals surface area contributed by atoms with Gasteiger partial charge in [0, 0.05) is 5.56 Å². The van der Waals surface area contributed by atoms with Crippen LogP contribution in [0.4, 0.5) is 0 Å². The molecule has 0 saturated heterocycles. The van der Waals surface area contributed by atoms with Gasteiger partial charge in [-0.05, 0) is 48.5 Å². The minimum atomic E-state index is -0.832. The number of aliphatic hydroxyl groups is 1. The van der Waals surface area contributed by atoms with E-state index < -0.39 is 12.1 Å². The second-order valence-electron chi connectivity index (χ2n) is 7.66. The molecule has 1 amide bonds. The van der Waals surface area contributed by atoms with Gasteiger partial charge in [-0.25, -0.2) is 9.78 Å². The Morgan fingerprint density at radius 1 is 0.971 bits per heavy atom. The number of hydrogen-bond acceptors (Lipinski definition) is 6. The maximum absolute atomic E-state index is 12.5. The van der Waals surface area contributed by atoms with Crippen molar-refractivity contribution >= 4 is 22.9 Å². The van der Waals surface area contributed by atoms with E-state index in [1.54, 1.807) is 36.4 Å². The summed E-state index contributed by atoms with van der Waals surface area (Å²) in [5.74, 6) is 0.536. The number of amides is 1. The van der Waals surface area contributed by atoms with Gasteiger partial charge in [0.1, 0.15) is 24.3 Å². The minimum absolute atomic E-state index is 0.0416. The number of carbonyl (C=O) groups excluding carboxylic acids is 2. The molecular formula is C26H25N3O5. The Hall–Kier alpha value is -4.17. The molecule has 174 valence electrons. The summed E-state index contributed by atoms with van der Waals surface area (Å²) in [5.41, 5.74) is 2.62. The van der Waals surface area contributed by atoms with Crippen LogP contribution in [-0.4, -0.2) is 46.4 Å². The van der Waals surface area contributed by atoms with Crippen LogP contribution in [0, 0.1) is 0 Å². The van der Waals surface area contributed by atoms with E-state index in [1.807, 2.05) is 47.0 Å². The number of nitrogens with zero attached hydrogens (tertiary/aromatic N) is 2. The van der Waals surface area contributed by atoms with E-state index in [-0.39, 0.29) is 25.6 Å². The second kappa shape index (κ2) is 10.6. The number of imidazole rings is 1. The van der Waals surface area contributed by atoms with E-state index >= 15 is 0 Å². The lowest BCUT2D eigenvalue weighted by Crippen LogP contribution is -2.28. The highest BCUT2D eigenvalue weighted by molar-refractivity contribution is 5.94. The number of aromatic nitrogens is 2. The normalized spacial score (nSPS) is 11.7. The summed E-state index contributed by atoms with van der Waals surface area (Å²) >= 11 is 0. The molecule has 4 rings (SSSR count). The SMILES string of the molecule is COC(=O)c1ccc(OCC(O)Cn2c(CNC(=O)c3ccccc3)nc3ccccc32)cc1. The van der Waals surface area contributed by atoms with E-state index in [1.165, 1.54) is 7.11 Å². The third-order valence-corrected chi connectivity index (χ3v) is 5.29. The van der Waals surface area contributed by atoms with Crippen molar-refractivity contribution in [2.75, 3.05) is 13.7 Å². The number of methoxy groups -OCH3 is 1. The molecule has 0 saturated carbocycles.